The largest absolute Gasteiger partial charge is 0.308 e. The molecule has 18 heavy (non-hydrogen) atoms. The lowest BCUT2D eigenvalue weighted by atomic mass is 9.82. The molecule has 1 aliphatic rings. The van der Waals surface area contributed by atoms with Crippen molar-refractivity contribution in [3.05, 3.63) is 23.9 Å². The fourth-order valence-corrected chi connectivity index (χ4v) is 2.87. The van der Waals surface area contributed by atoms with Crippen molar-refractivity contribution in [1.29, 1.82) is 0 Å². The molecule has 1 aromatic heterocycles. The van der Waals surface area contributed by atoms with Crippen molar-refractivity contribution in [3.8, 4) is 0 Å². The molecule has 1 aliphatic heterocycles. The van der Waals surface area contributed by atoms with E-state index in [0.717, 1.165) is 18.1 Å². The van der Waals surface area contributed by atoms with Crippen molar-refractivity contribution in [1.82, 2.24) is 9.88 Å². The second kappa shape index (κ2) is 5.67. The third-order valence-corrected chi connectivity index (χ3v) is 4.36. The first-order valence-corrected chi connectivity index (χ1v) is 6.86. The maximum Gasteiger partial charge on any atom is 0.140 e. The third-order valence-electron chi connectivity index (χ3n) is 4.36. The summed E-state index contributed by atoms with van der Waals surface area (Å²) in [6.07, 6.45) is 3.87. The maximum atomic E-state index is 5.39. The van der Waals surface area contributed by atoms with Crippen molar-refractivity contribution in [2.75, 3.05) is 18.5 Å². The predicted octanol–water partition coefficient (Wildman–Crippen LogP) is 2.38. The Morgan fingerprint density at radius 3 is 2.78 bits per heavy atom. The van der Waals surface area contributed by atoms with E-state index in [-0.39, 0.29) is 0 Å². The minimum Gasteiger partial charge on any atom is -0.308 e. The van der Waals surface area contributed by atoms with E-state index < -0.39 is 0 Å². The molecule has 0 aliphatic carbocycles. The average Bonchev–Trinajstić information content (AvgIpc) is 2.83. The molecule has 0 amide bonds. The molecule has 0 saturated carbocycles. The Hall–Kier alpha value is -1.13. The highest BCUT2D eigenvalue weighted by atomic mass is 15.3. The van der Waals surface area contributed by atoms with Crippen molar-refractivity contribution in [3.63, 3.8) is 0 Å². The van der Waals surface area contributed by atoms with Crippen LogP contribution in [0.4, 0.5) is 5.82 Å². The van der Waals surface area contributed by atoms with E-state index in [1.807, 2.05) is 12.1 Å². The Labute approximate surface area is 110 Å². The van der Waals surface area contributed by atoms with Crippen LogP contribution in [-0.2, 0) is 6.54 Å². The van der Waals surface area contributed by atoms with E-state index in [1.54, 1.807) is 0 Å². The number of nitrogen functional groups attached to an aromatic ring is 1. The predicted molar refractivity (Wildman–Crippen MR) is 75.0 cm³/mol. The molecule has 0 aromatic carbocycles. The average molecular weight is 248 g/mol. The number of nitrogens with one attached hydrogen (secondary N) is 1. The van der Waals surface area contributed by atoms with Gasteiger partial charge in [-0.05, 0) is 43.4 Å². The second-order valence-electron chi connectivity index (χ2n) is 5.33. The van der Waals surface area contributed by atoms with Gasteiger partial charge in [0.15, 0.2) is 0 Å². The fraction of sp³-hybridized carbons (Fsp3) is 0.643. The van der Waals surface area contributed by atoms with Gasteiger partial charge in [-0.2, -0.15) is 0 Å². The van der Waals surface area contributed by atoms with Crippen LogP contribution in [-0.4, -0.2) is 23.0 Å². The molecule has 1 saturated heterocycles. The summed E-state index contributed by atoms with van der Waals surface area (Å²) in [4.78, 5) is 6.99. The van der Waals surface area contributed by atoms with Gasteiger partial charge in [0.1, 0.15) is 5.82 Å². The summed E-state index contributed by atoms with van der Waals surface area (Å²) < 4.78 is 0. The molecule has 4 nitrogen and oxygen atoms in total. The second-order valence-corrected chi connectivity index (χ2v) is 5.33. The molecule has 2 heterocycles. The molecule has 2 rings (SSSR count). The van der Waals surface area contributed by atoms with Gasteiger partial charge >= 0.3 is 0 Å². The number of hydrogen-bond acceptors (Lipinski definition) is 4. The summed E-state index contributed by atoms with van der Waals surface area (Å²) in [7, 11) is 0. The number of likely N-dealkylation sites (tertiary alicyclic amines) is 1. The van der Waals surface area contributed by atoms with E-state index in [1.165, 1.54) is 32.4 Å². The molecule has 3 N–H and O–H groups in total. The lowest BCUT2D eigenvalue weighted by Crippen LogP contribution is -2.26. The summed E-state index contributed by atoms with van der Waals surface area (Å²) in [5.74, 6) is 6.13. The summed E-state index contributed by atoms with van der Waals surface area (Å²) in [5, 5.41) is 0. The van der Waals surface area contributed by atoms with Gasteiger partial charge < -0.3 is 5.43 Å². The number of hydrogen-bond donors (Lipinski definition) is 2. The van der Waals surface area contributed by atoms with Crippen LogP contribution in [0.25, 0.3) is 0 Å². The topological polar surface area (TPSA) is 54.2 Å². The molecule has 0 radical (unpaired) electrons. The highest BCUT2D eigenvalue weighted by Crippen LogP contribution is 2.37. The first kappa shape index (κ1) is 13.3. The van der Waals surface area contributed by atoms with Crippen LogP contribution in [0.2, 0.25) is 0 Å². The number of aromatic nitrogens is 1. The van der Waals surface area contributed by atoms with E-state index >= 15 is 0 Å². The Balaban J connectivity index is 1.98. The van der Waals surface area contributed by atoms with Gasteiger partial charge in [-0.15, -0.1) is 0 Å². The zero-order chi connectivity index (χ0) is 13.0. The van der Waals surface area contributed by atoms with Crippen molar-refractivity contribution >= 4 is 5.82 Å². The minimum absolute atomic E-state index is 0.531. The first-order valence-electron chi connectivity index (χ1n) is 6.86. The smallest absolute Gasteiger partial charge is 0.140 e. The van der Waals surface area contributed by atoms with Crippen LogP contribution in [0, 0.1) is 5.41 Å². The third kappa shape index (κ3) is 2.82. The van der Waals surface area contributed by atoms with E-state index in [2.05, 4.69) is 35.2 Å². The van der Waals surface area contributed by atoms with Crippen LogP contribution >= 0.6 is 0 Å². The molecule has 0 bridgehead atoms. The molecule has 1 fully saturated rings. The molecular weight excluding hydrogens is 224 g/mol. The highest BCUT2D eigenvalue weighted by Gasteiger charge is 2.34. The summed E-state index contributed by atoms with van der Waals surface area (Å²) in [6.45, 7) is 7.93. The molecule has 0 unspecified atom stereocenters. The summed E-state index contributed by atoms with van der Waals surface area (Å²) in [5.41, 5.74) is 4.22. The van der Waals surface area contributed by atoms with Gasteiger partial charge in [0.2, 0.25) is 0 Å². The number of nitrogens with two attached hydrogens (primary N) is 1. The standard InChI is InChI=1S/C14H24N4/c1-3-14(4-2)8-9-18(11-14)10-12-6-5-7-13(16-12)17-15/h5-7H,3-4,8-11,15H2,1-2H3,(H,16,17). The Morgan fingerprint density at radius 2 is 2.17 bits per heavy atom. The first-order chi connectivity index (χ1) is 8.71. The zero-order valence-electron chi connectivity index (χ0n) is 11.4. The van der Waals surface area contributed by atoms with E-state index in [4.69, 9.17) is 5.84 Å². The van der Waals surface area contributed by atoms with Gasteiger partial charge in [-0.1, -0.05) is 19.9 Å². The van der Waals surface area contributed by atoms with Crippen LogP contribution in [0.5, 0.6) is 0 Å². The Bertz CT molecular complexity index is 387. The molecule has 100 valence electrons. The van der Waals surface area contributed by atoms with E-state index in [0.29, 0.717) is 5.41 Å². The molecular formula is C14H24N4. The van der Waals surface area contributed by atoms with Gasteiger partial charge in [0.05, 0.1) is 5.69 Å². The Kier molecular flexibility index (Phi) is 4.19. The molecule has 0 spiro atoms. The van der Waals surface area contributed by atoms with Gasteiger partial charge in [-0.3, -0.25) is 4.90 Å². The molecule has 1 aromatic rings. The van der Waals surface area contributed by atoms with Crippen molar-refractivity contribution in [2.45, 2.75) is 39.7 Å². The lowest BCUT2D eigenvalue weighted by Gasteiger charge is -2.26. The van der Waals surface area contributed by atoms with Gasteiger partial charge in [0, 0.05) is 13.1 Å². The monoisotopic (exact) mass is 248 g/mol. The molecule has 0 atom stereocenters. The highest BCUT2D eigenvalue weighted by molar-refractivity contribution is 5.33. The van der Waals surface area contributed by atoms with Crippen molar-refractivity contribution < 1.29 is 0 Å². The maximum absolute atomic E-state index is 5.39. The van der Waals surface area contributed by atoms with Crippen LogP contribution in [0.15, 0.2) is 18.2 Å². The van der Waals surface area contributed by atoms with Gasteiger partial charge in [0.25, 0.3) is 0 Å². The minimum atomic E-state index is 0.531. The fourth-order valence-electron chi connectivity index (χ4n) is 2.87. The summed E-state index contributed by atoms with van der Waals surface area (Å²) in [6, 6.07) is 5.95. The molecule has 4 heteroatoms. The number of rotatable bonds is 5. The number of hydrazine groups is 1. The zero-order valence-corrected chi connectivity index (χ0v) is 11.4. The summed E-state index contributed by atoms with van der Waals surface area (Å²) >= 11 is 0. The van der Waals surface area contributed by atoms with Crippen LogP contribution in [0.1, 0.15) is 38.8 Å². The number of nitrogens with zero attached hydrogens (tertiary/aromatic N) is 2. The van der Waals surface area contributed by atoms with Crippen LogP contribution < -0.4 is 11.3 Å². The number of pyridine rings is 1. The van der Waals surface area contributed by atoms with Crippen molar-refractivity contribution in [2.24, 2.45) is 11.3 Å². The Morgan fingerprint density at radius 1 is 1.39 bits per heavy atom. The van der Waals surface area contributed by atoms with Gasteiger partial charge in [-0.25, -0.2) is 10.8 Å². The SMILES string of the molecule is CCC1(CC)CCN(Cc2cccc(NN)n2)C1. The lowest BCUT2D eigenvalue weighted by molar-refractivity contribution is 0.235. The number of anilines is 1. The van der Waals surface area contributed by atoms with E-state index in [9.17, 15) is 0 Å². The van der Waals surface area contributed by atoms with Crippen LogP contribution in [0.3, 0.4) is 0 Å². The normalized spacial score (nSPS) is 19.1. The quantitative estimate of drug-likeness (QED) is 0.620.